The van der Waals surface area contributed by atoms with Crippen molar-refractivity contribution >= 4 is 40.0 Å². The Hall–Kier alpha value is -4.41. The lowest BCUT2D eigenvalue weighted by Crippen LogP contribution is -2.15. The number of methoxy groups -OCH3 is 1. The number of ether oxygens (including phenoxy) is 3. The van der Waals surface area contributed by atoms with E-state index in [2.05, 4.69) is 30.8 Å². The van der Waals surface area contributed by atoms with E-state index in [1.165, 1.54) is 7.11 Å². The summed E-state index contributed by atoms with van der Waals surface area (Å²) in [4.78, 5) is 19.9. The van der Waals surface area contributed by atoms with Crippen LogP contribution < -0.4 is 20.1 Å². The lowest BCUT2D eigenvalue weighted by atomic mass is 10.1. The molecule has 0 spiro atoms. The number of halogens is 1. The summed E-state index contributed by atoms with van der Waals surface area (Å²) >= 11 is 0. The number of aromatic amines is 1. The molecule has 3 N–H and O–H groups in total. The molecule has 0 fully saturated rings. The van der Waals surface area contributed by atoms with Gasteiger partial charge in [0, 0.05) is 22.8 Å². The molecule has 11 heteroatoms. The summed E-state index contributed by atoms with van der Waals surface area (Å²) in [6, 6.07) is 10.6. The van der Waals surface area contributed by atoms with Gasteiger partial charge in [-0.25, -0.2) is 9.37 Å². The zero-order chi connectivity index (χ0) is 22.8. The van der Waals surface area contributed by atoms with Crippen LogP contribution in [0.15, 0.2) is 42.6 Å². The van der Waals surface area contributed by atoms with E-state index < -0.39 is 11.8 Å². The molecule has 1 aliphatic heterocycles. The van der Waals surface area contributed by atoms with Crippen LogP contribution in [-0.2, 0) is 16.0 Å². The molecule has 5 rings (SSSR count). The van der Waals surface area contributed by atoms with Crippen LogP contribution in [0.2, 0.25) is 0 Å². The van der Waals surface area contributed by atoms with E-state index >= 15 is 0 Å². The van der Waals surface area contributed by atoms with E-state index in [0.29, 0.717) is 41.8 Å². The first-order chi connectivity index (χ1) is 16.1. The minimum Gasteiger partial charge on any atom is -0.486 e. The van der Waals surface area contributed by atoms with Crippen LogP contribution in [0.25, 0.3) is 10.9 Å². The first-order valence-electron chi connectivity index (χ1n) is 10.1. The van der Waals surface area contributed by atoms with Gasteiger partial charge in [-0.05, 0) is 30.3 Å². The second-order valence-electron chi connectivity index (χ2n) is 7.18. The van der Waals surface area contributed by atoms with Crippen LogP contribution in [0.4, 0.5) is 27.5 Å². The van der Waals surface area contributed by atoms with E-state index in [4.69, 9.17) is 14.2 Å². The highest BCUT2D eigenvalue weighted by atomic mass is 19.1. The normalized spacial score (nSPS) is 12.4. The minimum absolute atomic E-state index is 0.0117. The number of benzene rings is 2. The SMILES string of the molecule is COC(=O)Cc1n[nH]c2ccc(Nc3nc(Nc4ccc5c(c4)OCCO5)ncc3F)cc12. The molecule has 168 valence electrons. The lowest BCUT2D eigenvalue weighted by Gasteiger charge is -2.19. The molecule has 0 bridgehead atoms. The fraction of sp³-hybridized carbons (Fsp3) is 0.182. The number of anilines is 4. The number of carbonyl (C=O) groups excluding carboxylic acids is 1. The Morgan fingerprint density at radius 2 is 1.91 bits per heavy atom. The number of H-pyrrole nitrogens is 1. The molecule has 0 aliphatic carbocycles. The maximum absolute atomic E-state index is 14.4. The molecule has 0 amide bonds. The Labute approximate surface area is 187 Å². The van der Waals surface area contributed by atoms with Crippen LogP contribution >= 0.6 is 0 Å². The summed E-state index contributed by atoms with van der Waals surface area (Å²) in [5.41, 5.74) is 2.51. The van der Waals surface area contributed by atoms with Gasteiger partial charge in [0.1, 0.15) is 13.2 Å². The van der Waals surface area contributed by atoms with Crippen LogP contribution in [0.5, 0.6) is 11.5 Å². The van der Waals surface area contributed by atoms with Gasteiger partial charge in [-0.2, -0.15) is 10.1 Å². The van der Waals surface area contributed by atoms with E-state index in [1.807, 2.05) is 0 Å². The predicted octanol–water partition coefficient (Wildman–Crippen LogP) is 3.47. The highest BCUT2D eigenvalue weighted by molar-refractivity contribution is 5.88. The number of nitrogens with one attached hydrogen (secondary N) is 3. The average molecular weight is 450 g/mol. The summed E-state index contributed by atoms with van der Waals surface area (Å²) in [5, 5.41) is 13.7. The number of hydrogen-bond acceptors (Lipinski definition) is 9. The molecule has 0 unspecified atom stereocenters. The van der Waals surface area contributed by atoms with Crippen LogP contribution in [-0.4, -0.2) is 46.5 Å². The number of nitrogens with zero attached hydrogens (tertiary/aromatic N) is 3. The molecule has 4 aromatic rings. The maximum Gasteiger partial charge on any atom is 0.311 e. The lowest BCUT2D eigenvalue weighted by molar-refractivity contribution is -0.139. The fourth-order valence-corrected chi connectivity index (χ4v) is 3.39. The zero-order valence-electron chi connectivity index (χ0n) is 17.5. The first-order valence-corrected chi connectivity index (χ1v) is 10.1. The van der Waals surface area contributed by atoms with E-state index in [-0.39, 0.29) is 18.2 Å². The Morgan fingerprint density at radius 3 is 2.76 bits per heavy atom. The van der Waals surface area contributed by atoms with Gasteiger partial charge < -0.3 is 24.8 Å². The number of fused-ring (bicyclic) bond motifs is 2. The summed E-state index contributed by atoms with van der Waals surface area (Å²) in [6.07, 6.45) is 1.10. The number of hydrogen-bond donors (Lipinski definition) is 3. The zero-order valence-corrected chi connectivity index (χ0v) is 17.5. The fourth-order valence-electron chi connectivity index (χ4n) is 3.39. The van der Waals surface area contributed by atoms with Crippen LogP contribution in [0.1, 0.15) is 5.69 Å². The monoisotopic (exact) mass is 450 g/mol. The summed E-state index contributed by atoms with van der Waals surface area (Å²) in [5.74, 6) is 0.440. The van der Waals surface area contributed by atoms with Gasteiger partial charge in [0.25, 0.3) is 0 Å². The van der Waals surface area contributed by atoms with E-state index in [0.717, 1.165) is 17.1 Å². The maximum atomic E-state index is 14.4. The largest absolute Gasteiger partial charge is 0.486 e. The third kappa shape index (κ3) is 4.33. The summed E-state index contributed by atoms with van der Waals surface area (Å²) in [7, 11) is 1.32. The van der Waals surface area contributed by atoms with Crippen molar-refractivity contribution in [2.24, 2.45) is 0 Å². The first kappa shape index (κ1) is 20.5. The second-order valence-corrected chi connectivity index (χ2v) is 7.18. The van der Waals surface area contributed by atoms with Crippen molar-refractivity contribution in [2.45, 2.75) is 6.42 Å². The van der Waals surface area contributed by atoms with Crippen molar-refractivity contribution in [1.29, 1.82) is 0 Å². The third-order valence-corrected chi connectivity index (χ3v) is 4.99. The highest BCUT2D eigenvalue weighted by Gasteiger charge is 2.15. The number of esters is 1. The van der Waals surface area contributed by atoms with Crippen molar-refractivity contribution in [3.63, 3.8) is 0 Å². The molecule has 33 heavy (non-hydrogen) atoms. The standard InChI is InChI=1S/C22H19FN6O4/c1-31-20(30)10-17-14-8-12(2-4-16(14)28-29-17)25-21-15(23)11-24-22(27-21)26-13-3-5-18-19(9-13)33-7-6-32-18/h2-5,8-9,11H,6-7,10H2,1H3,(H,28,29)(H2,24,25,26,27). The molecular weight excluding hydrogens is 431 g/mol. The topological polar surface area (TPSA) is 123 Å². The molecule has 2 aromatic carbocycles. The summed E-state index contributed by atoms with van der Waals surface area (Å²) in [6.45, 7) is 0.977. The van der Waals surface area contributed by atoms with Crippen LogP contribution in [0.3, 0.4) is 0 Å². The van der Waals surface area contributed by atoms with Gasteiger partial charge in [0.2, 0.25) is 5.95 Å². The van der Waals surface area contributed by atoms with E-state index in [1.54, 1.807) is 36.4 Å². The van der Waals surface area contributed by atoms with Crippen molar-refractivity contribution < 1.29 is 23.4 Å². The van der Waals surface area contributed by atoms with Gasteiger partial charge >= 0.3 is 5.97 Å². The number of carbonyl (C=O) groups is 1. The van der Waals surface area contributed by atoms with Crippen molar-refractivity contribution in [3.05, 3.63) is 54.1 Å². The molecule has 10 nitrogen and oxygen atoms in total. The Bertz CT molecular complexity index is 1340. The number of rotatable bonds is 6. The van der Waals surface area contributed by atoms with Crippen molar-refractivity contribution in [2.75, 3.05) is 31.0 Å². The Morgan fingerprint density at radius 1 is 1.12 bits per heavy atom. The Balaban J connectivity index is 1.38. The predicted molar refractivity (Wildman–Crippen MR) is 118 cm³/mol. The molecular formula is C22H19FN6O4. The summed E-state index contributed by atoms with van der Waals surface area (Å²) < 4.78 is 30.2. The van der Waals surface area contributed by atoms with Gasteiger partial charge in [0.15, 0.2) is 23.1 Å². The molecule has 3 heterocycles. The smallest absolute Gasteiger partial charge is 0.311 e. The Kier molecular flexibility index (Phi) is 5.35. The van der Waals surface area contributed by atoms with Gasteiger partial charge in [-0.15, -0.1) is 0 Å². The minimum atomic E-state index is -0.621. The number of aromatic nitrogens is 4. The van der Waals surface area contributed by atoms with Crippen LogP contribution in [0, 0.1) is 5.82 Å². The molecule has 0 saturated carbocycles. The van der Waals surface area contributed by atoms with Gasteiger partial charge in [-0.3, -0.25) is 9.89 Å². The molecule has 0 saturated heterocycles. The van der Waals surface area contributed by atoms with Crippen molar-refractivity contribution in [3.8, 4) is 11.5 Å². The highest BCUT2D eigenvalue weighted by Crippen LogP contribution is 2.33. The second kappa shape index (κ2) is 8.61. The average Bonchev–Trinajstić information content (AvgIpc) is 3.23. The van der Waals surface area contributed by atoms with E-state index in [9.17, 15) is 9.18 Å². The third-order valence-electron chi connectivity index (χ3n) is 4.99. The quantitative estimate of drug-likeness (QED) is 0.379. The molecule has 1 aliphatic rings. The van der Waals surface area contributed by atoms with Gasteiger partial charge in [0.05, 0.1) is 30.9 Å². The molecule has 2 aromatic heterocycles. The molecule has 0 atom stereocenters. The van der Waals surface area contributed by atoms with Gasteiger partial charge in [-0.1, -0.05) is 0 Å². The van der Waals surface area contributed by atoms with Crippen molar-refractivity contribution in [1.82, 2.24) is 20.2 Å². The molecule has 0 radical (unpaired) electrons.